The van der Waals surface area contributed by atoms with Gasteiger partial charge in [-0.25, -0.2) is 9.97 Å². The van der Waals surface area contributed by atoms with E-state index in [2.05, 4.69) is 20.6 Å². The molecule has 0 bridgehead atoms. The summed E-state index contributed by atoms with van der Waals surface area (Å²) in [6.45, 7) is 1.94. The molecule has 2 heterocycles. The van der Waals surface area contributed by atoms with Crippen LogP contribution in [0.1, 0.15) is 41.6 Å². The van der Waals surface area contributed by atoms with Crippen LogP contribution in [0.4, 0.5) is 11.4 Å². The Labute approximate surface area is 163 Å². The molecule has 0 spiro atoms. The summed E-state index contributed by atoms with van der Waals surface area (Å²) in [4.78, 5) is 33.8. The van der Waals surface area contributed by atoms with Crippen LogP contribution >= 0.6 is 0 Å². The first-order valence-electron chi connectivity index (χ1n) is 9.51. The molecule has 0 unspecified atom stereocenters. The maximum Gasteiger partial charge on any atom is 0.257 e. The van der Waals surface area contributed by atoms with Gasteiger partial charge in [0.1, 0.15) is 5.52 Å². The Kier molecular flexibility index (Phi) is 4.81. The number of nitrogens with one attached hydrogen (secondary N) is 2. The highest BCUT2D eigenvalue weighted by Crippen LogP contribution is 2.29. The number of carbonyl (C=O) groups is 2. The van der Waals surface area contributed by atoms with Crippen LogP contribution in [0.15, 0.2) is 36.8 Å². The van der Waals surface area contributed by atoms with Crippen LogP contribution in [0.2, 0.25) is 0 Å². The van der Waals surface area contributed by atoms with Crippen molar-refractivity contribution < 1.29 is 9.59 Å². The van der Waals surface area contributed by atoms with Crippen molar-refractivity contribution >= 4 is 34.4 Å². The van der Waals surface area contributed by atoms with Crippen molar-refractivity contribution in [1.82, 2.24) is 14.5 Å². The maximum absolute atomic E-state index is 12.8. The molecule has 0 atom stereocenters. The second-order valence-electron chi connectivity index (χ2n) is 7.40. The molecule has 1 aromatic carbocycles. The van der Waals surface area contributed by atoms with Gasteiger partial charge in [0.05, 0.1) is 23.3 Å². The molecule has 2 N–H and O–H groups in total. The Balaban J connectivity index is 1.56. The van der Waals surface area contributed by atoms with E-state index in [4.69, 9.17) is 0 Å². The van der Waals surface area contributed by atoms with E-state index in [-0.39, 0.29) is 17.7 Å². The van der Waals surface area contributed by atoms with Crippen LogP contribution in [0.25, 0.3) is 11.2 Å². The van der Waals surface area contributed by atoms with E-state index < -0.39 is 0 Å². The Morgan fingerprint density at radius 3 is 2.64 bits per heavy atom. The van der Waals surface area contributed by atoms with Gasteiger partial charge in [-0.1, -0.05) is 18.9 Å². The summed E-state index contributed by atoms with van der Waals surface area (Å²) in [6.07, 6.45) is 7.24. The van der Waals surface area contributed by atoms with E-state index in [0.29, 0.717) is 22.5 Å². The molecular weight excluding hydrogens is 354 g/mol. The van der Waals surface area contributed by atoms with E-state index in [0.717, 1.165) is 36.9 Å². The second kappa shape index (κ2) is 7.42. The highest BCUT2D eigenvalue weighted by Gasteiger charge is 2.23. The largest absolute Gasteiger partial charge is 0.324 e. The maximum atomic E-state index is 12.8. The Morgan fingerprint density at radius 1 is 1.07 bits per heavy atom. The normalized spacial score (nSPS) is 14.4. The number of imidazole rings is 1. The van der Waals surface area contributed by atoms with Crippen molar-refractivity contribution in [2.24, 2.45) is 13.0 Å². The van der Waals surface area contributed by atoms with Crippen LogP contribution in [0, 0.1) is 12.8 Å². The third kappa shape index (κ3) is 3.60. The number of rotatable bonds is 4. The van der Waals surface area contributed by atoms with Gasteiger partial charge in [0.15, 0.2) is 5.65 Å². The molecule has 7 heteroatoms. The van der Waals surface area contributed by atoms with Gasteiger partial charge in [-0.3, -0.25) is 9.59 Å². The average molecular weight is 377 g/mol. The highest BCUT2D eigenvalue weighted by molar-refractivity contribution is 6.08. The molecule has 7 nitrogen and oxygen atoms in total. The Hall–Kier alpha value is -3.22. The van der Waals surface area contributed by atoms with Gasteiger partial charge in [0, 0.05) is 19.2 Å². The van der Waals surface area contributed by atoms with Gasteiger partial charge in [-0.15, -0.1) is 0 Å². The zero-order valence-corrected chi connectivity index (χ0v) is 16.0. The molecule has 1 fully saturated rings. The van der Waals surface area contributed by atoms with Gasteiger partial charge in [-0.05, 0) is 43.5 Å². The fourth-order valence-electron chi connectivity index (χ4n) is 3.63. The third-order valence-electron chi connectivity index (χ3n) is 5.22. The molecule has 1 aliphatic carbocycles. The lowest BCUT2D eigenvalue weighted by Crippen LogP contribution is -2.22. The number of fused-ring (bicyclic) bond motifs is 1. The molecule has 2 aromatic heterocycles. The molecule has 2 amide bonds. The number of aromatic nitrogens is 3. The summed E-state index contributed by atoms with van der Waals surface area (Å²) in [7, 11) is 1.86. The average Bonchev–Trinajstić information content (AvgIpc) is 3.34. The fourth-order valence-corrected chi connectivity index (χ4v) is 3.63. The lowest BCUT2D eigenvalue weighted by molar-refractivity contribution is -0.119. The zero-order valence-electron chi connectivity index (χ0n) is 16.0. The van der Waals surface area contributed by atoms with Crippen LogP contribution in [-0.4, -0.2) is 26.3 Å². The summed E-state index contributed by atoms with van der Waals surface area (Å²) in [5, 5.41) is 5.89. The minimum absolute atomic E-state index is 0.0217. The molecule has 0 saturated heterocycles. The Bertz CT molecular complexity index is 1050. The monoisotopic (exact) mass is 377 g/mol. The molecule has 0 radical (unpaired) electrons. The van der Waals surface area contributed by atoms with Crippen LogP contribution in [0.3, 0.4) is 0 Å². The molecule has 0 aliphatic heterocycles. The minimum atomic E-state index is -0.290. The molecule has 28 heavy (non-hydrogen) atoms. The number of nitrogens with zero attached hydrogens (tertiary/aromatic N) is 3. The Morgan fingerprint density at radius 2 is 1.86 bits per heavy atom. The van der Waals surface area contributed by atoms with Crippen molar-refractivity contribution in [3.8, 4) is 0 Å². The van der Waals surface area contributed by atoms with Crippen molar-refractivity contribution in [1.29, 1.82) is 0 Å². The quantitative estimate of drug-likeness (QED) is 0.726. The molecule has 4 rings (SSSR count). The lowest BCUT2D eigenvalue weighted by Gasteiger charge is -2.15. The topological polar surface area (TPSA) is 88.9 Å². The lowest BCUT2D eigenvalue weighted by atomic mass is 10.1. The molecule has 3 aromatic rings. The van der Waals surface area contributed by atoms with Crippen LogP contribution < -0.4 is 10.6 Å². The van der Waals surface area contributed by atoms with Crippen molar-refractivity contribution in [2.45, 2.75) is 32.6 Å². The smallest absolute Gasteiger partial charge is 0.257 e. The standard InChI is InChI=1S/C21H23N5O2/c1-13-7-8-16(24-20(27)14-5-3-4-6-14)17(9-13)25-21(28)15-10-18-19(22-11-15)26(2)12-23-18/h7-12,14H,3-6H2,1-2H3,(H,24,27)(H,25,28). The number of hydrogen-bond donors (Lipinski definition) is 2. The molecular formula is C21H23N5O2. The first-order valence-corrected chi connectivity index (χ1v) is 9.51. The number of pyridine rings is 1. The van der Waals surface area contributed by atoms with Crippen molar-refractivity contribution in [3.05, 3.63) is 47.9 Å². The van der Waals surface area contributed by atoms with E-state index >= 15 is 0 Å². The molecule has 144 valence electrons. The van der Waals surface area contributed by atoms with Gasteiger partial charge in [0.2, 0.25) is 5.91 Å². The van der Waals surface area contributed by atoms with Crippen molar-refractivity contribution in [2.75, 3.05) is 10.6 Å². The van der Waals surface area contributed by atoms with Gasteiger partial charge >= 0.3 is 0 Å². The summed E-state index contributed by atoms with van der Waals surface area (Å²) in [5.41, 5.74) is 3.99. The van der Waals surface area contributed by atoms with Crippen LogP contribution in [-0.2, 0) is 11.8 Å². The van der Waals surface area contributed by atoms with Gasteiger partial charge in [0.25, 0.3) is 5.91 Å². The van der Waals surface area contributed by atoms with Crippen molar-refractivity contribution in [3.63, 3.8) is 0 Å². The van der Waals surface area contributed by atoms with E-state index in [1.165, 1.54) is 6.20 Å². The summed E-state index contributed by atoms with van der Waals surface area (Å²) < 4.78 is 1.80. The first kappa shape index (κ1) is 18.2. The SMILES string of the molecule is Cc1ccc(NC(=O)C2CCCC2)c(NC(=O)c2cnc3c(c2)ncn3C)c1. The number of benzene rings is 1. The van der Waals surface area contributed by atoms with E-state index in [1.807, 2.05) is 32.2 Å². The summed E-state index contributed by atoms with van der Waals surface area (Å²) in [5.74, 6) is -0.212. The number of aryl methyl sites for hydroxylation is 2. The minimum Gasteiger partial charge on any atom is -0.324 e. The summed E-state index contributed by atoms with van der Waals surface area (Å²) in [6, 6.07) is 7.32. The fraction of sp³-hybridized carbons (Fsp3) is 0.333. The zero-order chi connectivity index (χ0) is 19.7. The van der Waals surface area contributed by atoms with Gasteiger partial charge < -0.3 is 15.2 Å². The highest BCUT2D eigenvalue weighted by atomic mass is 16.2. The third-order valence-corrected chi connectivity index (χ3v) is 5.22. The number of hydrogen-bond acceptors (Lipinski definition) is 4. The van der Waals surface area contributed by atoms with E-state index in [1.54, 1.807) is 17.0 Å². The molecule has 1 aliphatic rings. The van der Waals surface area contributed by atoms with Crippen LogP contribution in [0.5, 0.6) is 0 Å². The summed E-state index contributed by atoms with van der Waals surface area (Å²) >= 11 is 0. The predicted molar refractivity (Wildman–Crippen MR) is 108 cm³/mol. The second-order valence-corrected chi connectivity index (χ2v) is 7.40. The number of anilines is 2. The number of carbonyl (C=O) groups excluding carboxylic acids is 2. The van der Waals surface area contributed by atoms with E-state index in [9.17, 15) is 9.59 Å². The van der Waals surface area contributed by atoms with Gasteiger partial charge in [-0.2, -0.15) is 0 Å². The first-order chi connectivity index (χ1) is 13.5. The number of amides is 2. The predicted octanol–water partition coefficient (Wildman–Crippen LogP) is 3.66. The molecule has 1 saturated carbocycles.